The van der Waals surface area contributed by atoms with Gasteiger partial charge in [0.1, 0.15) is 5.03 Å². The van der Waals surface area contributed by atoms with Crippen LogP contribution in [0.15, 0.2) is 10.4 Å². The molecule has 0 unspecified atom stereocenters. The van der Waals surface area contributed by atoms with Gasteiger partial charge in [0.15, 0.2) is 0 Å². The Morgan fingerprint density at radius 2 is 2.25 bits per heavy atom. The van der Waals surface area contributed by atoms with Gasteiger partial charge in [0.25, 0.3) is 0 Å². The van der Waals surface area contributed by atoms with Crippen LogP contribution in [0.5, 0.6) is 0 Å². The average Bonchev–Trinajstić information content (AvgIpc) is 2.56. The van der Waals surface area contributed by atoms with Crippen LogP contribution in [-0.2, 0) is 0 Å². The molecule has 0 atom stereocenters. The number of aromatic nitrogens is 1. The van der Waals surface area contributed by atoms with Crippen LogP contribution in [0.2, 0.25) is 0 Å². The van der Waals surface area contributed by atoms with Crippen molar-refractivity contribution in [1.29, 1.82) is 0 Å². The zero-order valence-electron chi connectivity index (χ0n) is 8.05. The minimum Gasteiger partial charge on any atom is -0.385 e. The van der Waals surface area contributed by atoms with Crippen LogP contribution in [0.1, 0.15) is 20.8 Å². The first-order valence-corrected chi connectivity index (χ1v) is 5.95. The van der Waals surface area contributed by atoms with Crippen LogP contribution in [0.4, 0.5) is 5.69 Å². The number of nitrogens with zero attached hydrogens (tertiary/aromatic N) is 1. The maximum Gasteiger partial charge on any atom is 0.133 e. The second kappa shape index (κ2) is 7.43. The van der Waals surface area contributed by atoms with Gasteiger partial charge in [-0.25, -0.2) is 0 Å². The van der Waals surface area contributed by atoms with Gasteiger partial charge < -0.3 is 5.32 Å². The predicted octanol–water partition coefficient (Wildman–Crippen LogP) is 3.32. The maximum absolute atomic E-state index is 4.22. The fourth-order valence-electron chi connectivity index (χ4n) is 0.633. The molecule has 0 saturated carbocycles. The zero-order chi connectivity index (χ0) is 9.40. The number of thioether (sulfide) groups is 1. The molecule has 1 N–H and O–H groups in total. The molecule has 0 saturated heterocycles. The quantitative estimate of drug-likeness (QED) is 0.765. The molecule has 0 aromatic carbocycles. The first-order chi connectivity index (χ1) is 5.88. The molecule has 1 rings (SSSR count). The molecular formula is C8H16N2S2. The molecule has 0 bridgehead atoms. The van der Waals surface area contributed by atoms with Gasteiger partial charge in [-0.3, -0.25) is 0 Å². The van der Waals surface area contributed by atoms with Crippen molar-refractivity contribution in [3.63, 3.8) is 0 Å². The van der Waals surface area contributed by atoms with Crippen molar-refractivity contribution < 1.29 is 0 Å². The van der Waals surface area contributed by atoms with Crippen molar-refractivity contribution in [2.24, 2.45) is 0 Å². The normalized spacial score (nSPS) is 8.67. The van der Waals surface area contributed by atoms with E-state index >= 15 is 0 Å². The van der Waals surface area contributed by atoms with Crippen LogP contribution in [0, 0.1) is 0 Å². The second-order valence-electron chi connectivity index (χ2n) is 1.72. The lowest BCUT2D eigenvalue weighted by Gasteiger charge is -1.96. The first-order valence-electron chi connectivity index (χ1n) is 4.13. The lowest BCUT2D eigenvalue weighted by molar-refractivity contribution is 1.26. The highest BCUT2D eigenvalue weighted by atomic mass is 32.2. The van der Waals surface area contributed by atoms with Gasteiger partial charge in [-0.1, -0.05) is 20.8 Å². The fraction of sp³-hybridized carbons (Fsp3) is 0.625. The minimum absolute atomic E-state index is 1.08. The zero-order valence-corrected chi connectivity index (χ0v) is 9.68. The number of rotatable bonds is 3. The van der Waals surface area contributed by atoms with Crippen molar-refractivity contribution in [1.82, 2.24) is 4.37 Å². The lowest BCUT2D eigenvalue weighted by atomic mass is 10.6. The minimum atomic E-state index is 1.08. The van der Waals surface area contributed by atoms with Crippen molar-refractivity contribution in [3.8, 4) is 0 Å². The summed E-state index contributed by atoms with van der Waals surface area (Å²) in [5, 5.41) is 6.23. The van der Waals surface area contributed by atoms with Crippen LogP contribution in [0.3, 0.4) is 0 Å². The predicted molar refractivity (Wildman–Crippen MR) is 59.4 cm³/mol. The van der Waals surface area contributed by atoms with Crippen molar-refractivity contribution >= 4 is 29.0 Å². The standard InChI is InChI=1S/C6H10N2S2.C2H6/c1-3-9-6-5(7-2)4-10-8-6;1-2/h4,7H,3H2,1-2H3;1-2H3. The monoisotopic (exact) mass is 204 g/mol. The highest BCUT2D eigenvalue weighted by Crippen LogP contribution is 2.26. The summed E-state index contributed by atoms with van der Waals surface area (Å²) in [6.45, 7) is 6.13. The maximum atomic E-state index is 4.22. The second-order valence-corrected chi connectivity index (χ2v) is 3.60. The molecule has 2 nitrogen and oxygen atoms in total. The molecule has 0 aliphatic rings. The topological polar surface area (TPSA) is 24.9 Å². The Kier molecular flexibility index (Phi) is 7.29. The number of hydrogen-bond donors (Lipinski definition) is 1. The molecule has 4 heteroatoms. The Bertz CT molecular complexity index is 199. The van der Waals surface area contributed by atoms with Crippen LogP contribution >= 0.6 is 23.3 Å². The summed E-state index contributed by atoms with van der Waals surface area (Å²) in [6.07, 6.45) is 0. The van der Waals surface area contributed by atoms with E-state index in [0.29, 0.717) is 0 Å². The summed E-state index contributed by atoms with van der Waals surface area (Å²) in [5.41, 5.74) is 1.15. The molecule has 70 valence electrons. The Balaban J connectivity index is 0.000000561. The Morgan fingerprint density at radius 1 is 1.58 bits per heavy atom. The van der Waals surface area contributed by atoms with Gasteiger partial charge in [0.2, 0.25) is 0 Å². The van der Waals surface area contributed by atoms with Gasteiger partial charge in [0, 0.05) is 12.4 Å². The molecule has 0 aliphatic heterocycles. The van der Waals surface area contributed by atoms with Gasteiger partial charge in [-0.05, 0) is 17.3 Å². The summed E-state index contributed by atoms with van der Waals surface area (Å²) >= 11 is 3.27. The molecule has 0 spiro atoms. The smallest absolute Gasteiger partial charge is 0.133 e. The van der Waals surface area contributed by atoms with Gasteiger partial charge in [-0.15, -0.1) is 11.8 Å². The van der Waals surface area contributed by atoms with Crippen molar-refractivity contribution in [3.05, 3.63) is 5.38 Å². The molecule has 0 aliphatic carbocycles. The summed E-state index contributed by atoms with van der Waals surface area (Å²) < 4.78 is 4.22. The van der Waals surface area contributed by atoms with E-state index in [9.17, 15) is 0 Å². The van der Waals surface area contributed by atoms with Gasteiger partial charge >= 0.3 is 0 Å². The largest absolute Gasteiger partial charge is 0.385 e. The molecule has 0 fully saturated rings. The number of anilines is 1. The van der Waals surface area contributed by atoms with Gasteiger partial charge in [-0.2, -0.15) is 4.37 Å². The van der Waals surface area contributed by atoms with E-state index in [1.807, 2.05) is 26.3 Å². The fourth-order valence-corrected chi connectivity index (χ4v) is 2.22. The van der Waals surface area contributed by atoms with Crippen molar-refractivity contribution in [2.45, 2.75) is 25.8 Å². The summed E-state index contributed by atoms with van der Waals surface area (Å²) in [7, 11) is 1.92. The highest BCUT2D eigenvalue weighted by Gasteiger charge is 2.01. The Labute approximate surface area is 82.9 Å². The van der Waals surface area contributed by atoms with E-state index in [-0.39, 0.29) is 0 Å². The van der Waals surface area contributed by atoms with Gasteiger partial charge in [0.05, 0.1) is 5.69 Å². The molecule has 12 heavy (non-hydrogen) atoms. The van der Waals surface area contributed by atoms with E-state index in [4.69, 9.17) is 0 Å². The molecule has 0 radical (unpaired) electrons. The highest BCUT2D eigenvalue weighted by molar-refractivity contribution is 7.99. The van der Waals surface area contributed by atoms with Crippen LogP contribution in [-0.4, -0.2) is 17.2 Å². The summed E-state index contributed by atoms with van der Waals surface area (Å²) in [6, 6.07) is 0. The van der Waals surface area contributed by atoms with E-state index in [1.165, 1.54) is 11.5 Å². The van der Waals surface area contributed by atoms with Crippen LogP contribution in [0.25, 0.3) is 0 Å². The third-order valence-electron chi connectivity index (χ3n) is 1.09. The summed E-state index contributed by atoms with van der Waals surface area (Å²) in [4.78, 5) is 0. The molecule has 1 aromatic rings. The lowest BCUT2D eigenvalue weighted by Crippen LogP contribution is -1.86. The van der Waals surface area contributed by atoms with E-state index < -0.39 is 0 Å². The number of nitrogens with one attached hydrogen (secondary N) is 1. The summed E-state index contributed by atoms with van der Waals surface area (Å²) in [5.74, 6) is 1.08. The van der Waals surface area contributed by atoms with Crippen molar-refractivity contribution in [2.75, 3.05) is 18.1 Å². The van der Waals surface area contributed by atoms with Crippen LogP contribution < -0.4 is 5.32 Å². The van der Waals surface area contributed by atoms with E-state index in [1.54, 1.807) is 11.8 Å². The molecule has 0 amide bonds. The SMILES string of the molecule is CC.CCSc1nscc1NC. The Hall–Kier alpha value is -0.220. The number of hydrogen-bond acceptors (Lipinski definition) is 4. The molecule has 1 aromatic heterocycles. The van der Waals surface area contributed by atoms with E-state index in [2.05, 4.69) is 16.6 Å². The third kappa shape index (κ3) is 3.45. The Morgan fingerprint density at radius 3 is 2.75 bits per heavy atom. The molecule has 1 heterocycles. The van der Waals surface area contributed by atoms with E-state index in [0.717, 1.165) is 16.5 Å². The average molecular weight is 204 g/mol. The third-order valence-corrected chi connectivity index (χ3v) is 2.70. The molecular weight excluding hydrogens is 188 g/mol. The first kappa shape index (κ1) is 11.8.